The van der Waals surface area contributed by atoms with Crippen molar-refractivity contribution in [2.75, 3.05) is 20.0 Å². The van der Waals surface area contributed by atoms with E-state index in [0.717, 1.165) is 5.69 Å². The molecule has 0 atom stereocenters. The zero-order valence-electron chi connectivity index (χ0n) is 14.0. The number of aromatic nitrogens is 4. The van der Waals surface area contributed by atoms with Gasteiger partial charge in [0.1, 0.15) is 11.5 Å². The van der Waals surface area contributed by atoms with Crippen LogP contribution in [0, 0.1) is 0 Å². The second-order valence-corrected chi connectivity index (χ2v) is 6.51. The fourth-order valence-electron chi connectivity index (χ4n) is 2.28. The minimum atomic E-state index is -0.119. The Bertz CT molecular complexity index is 932. The summed E-state index contributed by atoms with van der Waals surface area (Å²) in [5, 5.41) is 12.7. The van der Waals surface area contributed by atoms with E-state index in [-0.39, 0.29) is 11.5 Å². The monoisotopic (exact) mass is 390 g/mol. The highest BCUT2D eigenvalue weighted by Crippen LogP contribution is 2.27. The fraction of sp³-hybridized carbons (Fsp3) is 0.176. The topological polar surface area (TPSA) is 79.1 Å². The smallest absolute Gasteiger partial charge is 0.214 e. The number of benzene rings is 2. The lowest BCUT2D eigenvalue weighted by atomic mass is 10.1. The van der Waals surface area contributed by atoms with Gasteiger partial charge in [-0.05, 0) is 46.8 Å². The second kappa shape index (κ2) is 8.20. The molecule has 9 heteroatoms. The Kier molecular flexibility index (Phi) is 5.75. The minimum Gasteiger partial charge on any atom is -0.497 e. The van der Waals surface area contributed by atoms with E-state index in [1.807, 2.05) is 6.07 Å². The number of rotatable bonds is 7. The van der Waals surface area contributed by atoms with Crippen LogP contribution in [-0.2, 0) is 0 Å². The van der Waals surface area contributed by atoms with E-state index in [4.69, 9.17) is 21.1 Å². The number of hydrogen-bond acceptors (Lipinski definition) is 7. The molecule has 0 aliphatic carbocycles. The Hall–Kier alpha value is -2.58. The van der Waals surface area contributed by atoms with Gasteiger partial charge in [-0.15, -0.1) is 5.10 Å². The maximum Gasteiger partial charge on any atom is 0.214 e. The van der Waals surface area contributed by atoms with Crippen LogP contribution in [0.3, 0.4) is 0 Å². The number of ether oxygens (including phenoxy) is 2. The van der Waals surface area contributed by atoms with E-state index >= 15 is 0 Å². The summed E-state index contributed by atoms with van der Waals surface area (Å²) in [5.41, 5.74) is 1.16. The lowest BCUT2D eigenvalue weighted by Crippen LogP contribution is -2.07. The van der Waals surface area contributed by atoms with Crippen molar-refractivity contribution in [2.45, 2.75) is 5.16 Å². The predicted octanol–water partition coefficient (Wildman–Crippen LogP) is 3.31. The molecule has 0 aliphatic heterocycles. The predicted molar refractivity (Wildman–Crippen MR) is 98.8 cm³/mol. The number of carbonyl (C=O) groups excluding carboxylic acids is 1. The van der Waals surface area contributed by atoms with Crippen LogP contribution in [0.1, 0.15) is 10.4 Å². The summed E-state index contributed by atoms with van der Waals surface area (Å²) in [6, 6.07) is 12.2. The van der Waals surface area contributed by atoms with Crippen molar-refractivity contribution in [3.8, 4) is 17.2 Å². The van der Waals surface area contributed by atoms with Gasteiger partial charge in [-0.25, -0.2) is 0 Å². The Balaban J connectivity index is 1.78. The molecule has 0 bridgehead atoms. The van der Waals surface area contributed by atoms with Gasteiger partial charge in [0.25, 0.3) is 0 Å². The molecule has 134 valence electrons. The second-order valence-electron chi connectivity index (χ2n) is 5.13. The molecule has 3 rings (SSSR count). The minimum absolute atomic E-state index is 0.119. The van der Waals surface area contributed by atoms with Gasteiger partial charge in [0.2, 0.25) is 5.16 Å². The van der Waals surface area contributed by atoms with Crippen LogP contribution in [0.2, 0.25) is 5.02 Å². The molecule has 1 heterocycles. The summed E-state index contributed by atoms with van der Waals surface area (Å²) >= 11 is 7.24. The summed E-state index contributed by atoms with van der Waals surface area (Å²) < 4.78 is 12.0. The zero-order chi connectivity index (χ0) is 18.5. The maximum absolute atomic E-state index is 12.6. The molecule has 0 unspecified atom stereocenters. The van der Waals surface area contributed by atoms with Gasteiger partial charge >= 0.3 is 0 Å². The van der Waals surface area contributed by atoms with Crippen LogP contribution in [0.4, 0.5) is 0 Å². The first-order valence-corrected chi connectivity index (χ1v) is 8.91. The molecule has 3 aromatic rings. The SMILES string of the molecule is COc1ccc(OC)c(C(=O)CSc2nnnn2-c2cccc(Cl)c2)c1. The number of nitrogens with zero attached hydrogens (tertiary/aromatic N) is 4. The van der Waals surface area contributed by atoms with Crippen LogP contribution in [0.5, 0.6) is 11.5 Å². The van der Waals surface area contributed by atoms with Gasteiger partial charge in [-0.2, -0.15) is 4.68 Å². The number of tetrazole rings is 1. The van der Waals surface area contributed by atoms with Crippen molar-refractivity contribution < 1.29 is 14.3 Å². The number of carbonyl (C=O) groups is 1. The molecule has 0 saturated heterocycles. The molecule has 0 fully saturated rings. The number of ketones is 1. The molecule has 0 radical (unpaired) electrons. The molecular weight excluding hydrogens is 376 g/mol. The first-order valence-electron chi connectivity index (χ1n) is 7.54. The number of thioether (sulfide) groups is 1. The van der Waals surface area contributed by atoms with Crippen LogP contribution in [0.25, 0.3) is 5.69 Å². The maximum atomic E-state index is 12.6. The standard InChI is InChI=1S/C17H15ClN4O3S/c1-24-13-6-7-16(25-2)14(9-13)15(23)10-26-17-19-20-21-22(17)12-5-3-4-11(18)8-12/h3-9H,10H2,1-2H3. The van der Waals surface area contributed by atoms with Gasteiger partial charge < -0.3 is 9.47 Å². The molecule has 0 saturated carbocycles. The third-order valence-electron chi connectivity index (χ3n) is 3.53. The fourth-order valence-corrected chi connectivity index (χ4v) is 3.24. The van der Waals surface area contributed by atoms with Crippen molar-refractivity contribution in [1.82, 2.24) is 20.2 Å². The van der Waals surface area contributed by atoms with E-state index in [1.165, 1.54) is 23.6 Å². The van der Waals surface area contributed by atoms with Crippen molar-refractivity contribution in [2.24, 2.45) is 0 Å². The summed E-state index contributed by atoms with van der Waals surface area (Å²) in [6.07, 6.45) is 0. The Morgan fingerprint density at radius 3 is 2.77 bits per heavy atom. The van der Waals surface area contributed by atoms with Crippen LogP contribution in [-0.4, -0.2) is 46.0 Å². The van der Waals surface area contributed by atoms with Crippen molar-refractivity contribution >= 4 is 29.1 Å². The van der Waals surface area contributed by atoms with E-state index < -0.39 is 0 Å². The average molecular weight is 391 g/mol. The molecule has 1 aromatic heterocycles. The van der Waals surface area contributed by atoms with Crippen LogP contribution in [0.15, 0.2) is 47.6 Å². The van der Waals surface area contributed by atoms with Gasteiger partial charge in [0.15, 0.2) is 5.78 Å². The van der Waals surface area contributed by atoms with Crippen LogP contribution >= 0.6 is 23.4 Å². The molecule has 2 aromatic carbocycles. The van der Waals surface area contributed by atoms with Crippen molar-refractivity contribution in [3.63, 3.8) is 0 Å². The zero-order valence-corrected chi connectivity index (χ0v) is 15.6. The normalized spacial score (nSPS) is 10.6. The Labute approximate surface area is 159 Å². The van der Waals surface area contributed by atoms with Gasteiger partial charge in [0.05, 0.1) is 31.2 Å². The molecule has 0 spiro atoms. The Morgan fingerprint density at radius 1 is 1.19 bits per heavy atom. The number of Topliss-reactive ketones (excluding diaryl/α,β-unsaturated/α-hetero) is 1. The molecular formula is C17H15ClN4O3S. The number of hydrogen-bond donors (Lipinski definition) is 0. The van der Waals surface area contributed by atoms with E-state index in [1.54, 1.807) is 43.5 Å². The summed E-state index contributed by atoms with van der Waals surface area (Å²) in [6.45, 7) is 0. The largest absolute Gasteiger partial charge is 0.497 e. The first-order chi connectivity index (χ1) is 12.6. The molecule has 26 heavy (non-hydrogen) atoms. The average Bonchev–Trinajstić information content (AvgIpc) is 3.14. The summed E-state index contributed by atoms with van der Waals surface area (Å²) in [7, 11) is 3.06. The molecule has 0 aliphatic rings. The number of methoxy groups -OCH3 is 2. The van der Waals surface area contributed by atoms with Gasteiger partial charge in [0, 0.05) is 5.02 Å². The third-order valence-corrected chi connectivity index (χ3v) is 4.69. The summed E-state index contributed by atoms with van der Waals surface area (Å²) in [4.78, 5) is 12.6. The van der Waals surface area contributed by atoms with Crippen molar-refractivity contribution in [3.05, 3.63) is 53.1 Å². The van der Waals surface area contributed by atoms with Gasteiger partial charge in [-0.3, -0.25) is 4.79 Å². The highest BCUT2D eigenvalue weighted by Gasteiger charge is 2.17. The first kappa shape index (κ1) is 18.2. The lowest BCUT2D eigenvalue weighted by molar-refractivity contribution is 0.101. The van der Waals surface area contributed by atoms with Gasteiger partial charge in [-0.1, -0.05) is 29.4 Å². The molecule has 0 N–H and O–H groups in total. The van der Waals surface area contributed by atoms with E-state index in [9.17, 15) is 4.79 Å². The summed E-state index contributed by atoms with van der Waals surface area (Å²) in [5.74, 6) is 1.10. The molecule has 0 amide bonds. The van der Waals surface area contributed by atoms with Crippen molar-refractivity contribution in [1.29, 1.82) is 0 Å². The van der Waals surface area contributed by atoms with Crippen LogP contribution < -0.4 is 9.47 Å². The molecule has 7 nitrogen and oxygen atoms in total. The number of halogens is 1. The quantitative estimate of drug-likeness (QED) is 0.452. The highest BCUT2D eigenvalue weighted by atomic mass is 35.5. The highest BCUT2D eigenvalue weighted by molar-refractivity contribution is 7.99. The third kappa shape index (κ3) is 3.97. The van der Waals surface area contributed by atoms with E-state index in [2.05, 4.69) is 15.5 Å². The Morgan fingerprint density at radius 2 is 2.04 bits per heavy atom. The lowest BCUT2D eigenvalue weighted by Gasteiger charge is -2.09. The van der Waals surface area contributed by atoms with E-state index in [0.29, 0.717) is 27.2 Å².